The van der Waals surface area contributed by atoms with Crippen molar-refractivity contribution in [1.82, 2.24) is 4.90 Å². The van der Waals surface area contributed by atoms with E-state index in [9.17, 15) is 18.8 Å². The molecule has 0 atom stereocenters. The summed E-state index contributed by atoms with van der Waals surface area (Å²) in [6, 6.07) is 10.2. The summed E-state index contributed by atoms with van der Waals surface area (Å²) < 4.78 is 23.4. The minimum Gasteiger partial charge on any atom is -0.497 e. The number of amides is 3. The van der Waals surface area contributed by atoms with Crippen LogP contribution in [-0.4, -0.2) is 56.5 Å². The first-order chi connectivity index (χ1) is 13.9. The topological polar surface area (TPSA) is 88.2 Å². The number of nitrogens with zero attached hydrogens (tertiary/aromatic N) is 2. The van der Waals surface area contributed by atoms with Gasteiger partial charge in [0, 0.05) is 42.7 Å². The first kappa shape index (κ1) is 20.1. The van der Waals surface area contributed by atoms with Crippen LogP contribution < -0.4 is 19.7 Å². The second-order valence-corrected chi connectivity index (χ2v) is 6.31. The quantitative estimate of drug-likeness (QED) is 0.744. The standard InChI is InChI=1S/C20H20FN3O5/c1-28-16-9-14(10-17(11-16)29-2)22-18(25)12-23-7-8-24(20(27)19(23)26)15-5-3-13(21)4-6-15/h3-6,9-11H,7-8,12H2,1-2H3,(H,22,25). The zero-order valence-corrected chi connectivity index (χ0v) is 16.0. The number of hydrogen-bond donors (Lipinski definition) is 1. The Morgan fingerprint density at radius 1 is 1.00 bits per heavy atom. The lowest BCUT2D eigenvalue weighted by molar-refractivity contribution is -0.147. The molecule has 3 amide bonds. The van der Waals surface area contributed by atoms with Gasteiger partial charge in [0.05, 0.1) is 14.2 Å². The molecule has 8 nitrogen and oxygen atoms in total. The van der Waals surface area contributed by atoms with Crippen LogP contribution in [0.1, 0.15) is 0 Å². The van der Waals surface area contributed by atoms with Gasteiger partial charge < -0.3 is 24.6 Å². The first-order valence-corrected chi connectivity index (χ1v) is 8.80. The van der Waals surface area contributed by atoms with Crippen LogP contribution in [0.4, 0.5) is 15.8 Å². The van der Waals surface area contributed by atoms with Crippen molar-refractivity contribution in [2.75, 3.05) is 44.1 Å². The number of nitrogens with one attached hydrogen (secondary N) is 1. The number of carbonyl (C=O) groups is 3. The van der Waals surface area contributed by atoms with Gasteiger partial charge in [0.15, 0.2) is 0 Å². The Morgan fingerprint density at radius 2 is 1.62 bits per heavy atom. The zero-order chi connectivity index (χ0) is 21.0. The second-order valence-electron chi connectivity index (χ2n) is 6.31. The average molecular weight is 401 g/mol. The summed E-state index contributed by atoms with van der Waals surface area (Å²) in [4.78, 5) is 39.6. The van der Waals surface area contributed by atoms with Gasteiger partial charge in [-0.1, -0.05) is 0 Å². The van der Waals surface area contributed by atoms with E-state index < -0.39 is 23.5 Å². The molecule has 29 heavy (non-hydrogen) atoms. The Hall–Kier alpha value is -3.62. The molecule has 0 radical (unpaired) electrons. The van der Waals surface area contributed by atoms with Gasteiger partial charge in [0.1, 0.15) is 23.9 Å². The smallest absolute Gasteiger partial charge is 0.316 e. The van der Waals surface area contributed by atoms with Crippen LogP contribution in [0.15, 0.2) is 42.5 Å². The van der Waals surface area contributed by atoms with E-state index in [0.717, 1.165) is 0 Å². The van der Waals surface area contributed by atoms with Gasteiger partial charge in [-0.2, -0.15) is 0 Å². The fourth-order valence-corrected chi connectivity index (χ4v) is 2.95. The molecule has 9 heteroatoms. The molecule has 1 fully saturated rings. The predicted octanol–water partition coefficient (Wildman–Crippen LogP) is 1.66. The summed E-state index contributed by atoms with van der Waals surface area (Å²) >= 11 is 0. The number of ether oxygens (including phenoxy) is 2. The van der Waals surface area contributed by atoms with Crippen LogP contribution >= 0.6 is 0 Å². The molecular weight excluding hydrogens is 381 g/mol. The van der Waals surface area contributed by atoms with Crippen molar-refractivity contribution >= 4 is 29.1 Å². The van der Waals surface area contributed by atoms with Crippen LogP contribution in [0, 0.1) is 5.82 Å². The molecule has 1 N–H and O–H groups in total. The summed E-state index contributed by atoms with van der Waals surface area (Å²) in [5.74, 6) is -1.45. The van der Waals surface area contributed by atoms with Gasteiger partial charge in [-0.25, -0.2) is 4.39 Å². The number of anilines is 2. The Kier molecular flexibility index (Phi) is 5.96. The van der Waals surface area contributed by atoms with E-state index in [1.807, 2.05) is 0 Å². The Bertz CT molecular complexity index is 910. The lowest BCUT2D eigenvalue weighted by Gasteiger charge is -2.33. The van der Waals surface area contributed by atoms with Crippen LogP contribution in [0.5, 0.6) is 11.5 Å². The lowest BCUT2D eigenvalue weighted by atomic mass is 10.2. The number of piperazine rings is 1. The fourth-order valence-electron chi connectivity index (χ4n) is 2.95. The SMILES string of the molecule is COc1cc(NC(=O)CN2CCN(c3ccc(F)cc3)C(=O)C2=O)cc(OC)c1. The summed E-state index contributed by atoms with van der Waals surface area (Å²) in [6.45, 7) is 0.106. The maximum Gasteiger partial charge on any atom is 0.316 e. The van der Waals surface area contributed by atoms with E-state index in [2.05, 4.69) is 5.32 Å². The highest BCUT2D eigenvalue weighted by Crippen LogP contribution is 2.26. The third-order valence-corrected chi connectivity index (χ3v) is 4.42. The third-order valence-electron chi connectivity index (χ3n) is 4.42. The minimum absolute atomic E-state index is 0.177. The summed E-state index contributed by atoms with van der Waals surface area (Å²) in [6.07, 6.45) is 0. The van der Waals surface area contributed by atoms with Gasteiger partial charge in [0.25, 0.3) is 0 Å². The molecule has 0 saturated carbocycles. The Balaban J connectivity index is 1.64. The van der Waals surface area contributed by atoms with Crippen molar-refractivity contribution in [2.45, 2.75) is 0 Å². The maximum atomic E-state index is 13.1. The second kappa shape index (κ2) is 8.59. The molecule has 1 aliphatic rings. The zero-order valence-electron chi connectivity index (χ0n) is 16.0. The first-order valence-electron chi connectivity index (χ1n) is 8.80. The molecule has 3 rings (SSSR count). The van der Waals surface area contributed by atoms with Crippen LogP contribution in [-0.2, 0) is 14.4 Å². The van der Waals surface area contributed by atoms with Gasteiger partial charge in [-0.15, -0.1) is 0 Å². The van der Waals surface area contributed by atoms with E-state index in [-0.39, 0.29) is 19.6 Å². The number of hydrogen-bond acceptors (Lipinski definition) is 5. The van der Waals surface area contributed by atoms with Crippen molar-refractivity contribution < 1.29 is 28.2 Å². The molecule has 0 aromatic heterocycles. The number of benzene rings is 2. The monoisotopic (exact) mass is 401 g/mol. The Morgan fingerprint density at radius 3 is 2.21 bits per heavy atom. The largest absolute Gasteiger partial charge is 0.497 e. The predicted molar refractivity (Wildman–Crippen MR) is 104 cm³/mol. The van der Waals surface area contributed by atoms with Crippen LogP contribution in [0.2, 0.25) is 0 Å². The van der Waals surface area contributed by atoms with Crippen molar-refractivity contribution in [3.63, 3.8) is 0 Å². The van der Waals surface area contributed by atoms with E-state index in [1.165, 1.54) is 48.3 Å². The molecule has 0 spiro atoms. The van der Waals surface area contributed by atoms with E-state index in [4.69, 9.17) is 9.47 Å². The average Bonchev–Trinajstić information content (AvgIpc) is 2.72. The molecule has 1 saturated heterocycles. The van der Waals surface area contributed by atoms with E-state index >= 15 is 0 Å². The summed E-state index contributed by atoms with van der Waals surface area (Å²) in [5.41, 5.74) is 0.868. The van der Waals surface area contributed by atoms with Gasteiger partial charge in [-0.3, -0.25) is 14.4 Å². The molecular formula is C20H20FN3O5. The van der Waals surface area contributed by atoms with Crippen molar-refractivity contribution in [3.05, 3.63) is 48.3 Å². The lowest BCUT2D eigenvalue weighted by Crippen LogP contribution is -2.56. The maximum absolute atomic E-state index is 13.1. The molecule has 0 bridgehead atoms. The number of halogens is 1. The van der Waals surface area contributed by atoms with Crippen molar-refractivity contribution in [1.29, 1.82) is 0 Å². The molecule has 1 heterocycles. The van der Waals surface area contributed by atoms with Crippen molar-refractivity contribution in [2.24, 2.45) is 0 Å². The molecule has 1 aliphatic heterocycles. The van der Waals surface area contributed by atoms with Crippen LogP contribution in [0.3, 0.4) is 0 Å². The van der Waals surface area contributed by atoms with E-state index in [1.54, 1.807) is 18.2 Å². The molecule has 2 aromatic carbocycles. The summed E-state index contributed by atoms with van der Waals surface area (Å²) in [5, 5.41) is 2.66. The number of carbonyl (C=O) groups excluding carboxylic acids is 3. The number of rotatable bonds is 6. The normalized spacial score (nSPS) is 14.0. The van der Waals surface area contributed by atoms with Gasteiger partial charge >= 0.3 is 11.8 Å². The van der Waals surface area contributed by atoms with Crippen molar-refractivity contribution in [3.8, 4) is 11.5 Å². The highest BCUT2D eigenvalue weighted by atomic mass is 19.1. The fraction of sp³-hybridized carbons (Fsp3) is 0.250. The molecule has 0 unspecified atom stereocenters. The van der Waals surface area contributed by atoms with Gasteiger partial charge in [0.2, 0.25) is 5.91 Å². The number of methoxy groups -OCH3 is 2. The summed E-state index contributed by atoms with van der Waals surface area (Å²) in [7, 11) is 2.98. The van der Waals surface area contributed by atoms with Crippen LogP contribution in [0.25, 0.3) is 0 Å². The molecule has 0 aliphatic carbocycles. The molecule has 2 aromatic rings. The Labute approximate surface area is 166 Å². The van der Waals surface area contributed by atoms with Gasteiger partial charge in [-0.05, 0) is 24.3 Å². The molecule has 152 valence electrons. The third kappa shape index (κ3) is 4.63. The highest BCUT2D eigenvalue weighted by Gasteiger charge is 2.34. The minimum atomic E-state index is -0.793. The van der Waals surface area contributed by atoms with E-state index in [0.29, 0.717) is 22.9 Å². The highest BCUT2D eigenvalue weighted by molar-refractivity contribution is 6.41.